The van der Waals surface area contributed by atoms with Gasteiger partial charge < -0.3 is 42.4 Å². The van der Waals surface area contributed by atoms with E-state index >= 15 is 0 Å². The van der Waals surface area contributed by atoms with E-state index in [4.69, 9.17) is 36.3 Å². The van der Waals surface area contributed by atoms with Crippen LogP contribution in [0.2, 0.25) is 0 Å². The van der Waals surface area contributed by atoms with E-state index in [0.717, 1.165) is 52.8 Å². The van der Waals surface area contributed by atoms with Crippen LogP contribution in [-0.2, 0) is 29.0 Å². The molecule has 0 radical (unpaired) electrons. The number of nitrogen functional groups attached to an aromatic ring is 3. The highest BCUT2D eigenvalue weighted by molar-refractivity contribution is 7.59. The molecule has 0 aliphatic carbocycles. The van der Waals surface area contributed by atoms with Gasteiger partial charge in [0.05, 0.1) is 40.5 Å². The number of anilines is 5. The highest BCUT2D eigenvalue weighted by atomic mass is 32.1. The maximum absolute atomic E-state index is 12.1. The van der Waals surface area contributed by atoms with Crippen LogP contribution in [0.15, 0.2) is 158 Å². The maximum Gasteiger partial charge on any atom is 0.328 e. The van der Waals surface area contributed by atoms with E-state index in [1.54, 1.807) is 36.4 Å². The number of hydrogen-bond acceptors (Lipinski definition) is 8. The highest BCUT2D eigenvalue weighted by Gasteiger charge is 2.03. The Labute approximate surface area is 364 Å². The summed E-state index contributed by atoms with van der Waals surface area (Å²) in [5, 5.41) is 14.8. The average Bonchev–Trinajstić information content (AvgIpc) is 3.26. The van der Waals surface area contributed by atoms with Gasteiger partial charge in [0, 0.05) is 30.5 Å². The lowest BCUT2D eigenvalue weighted by atomic mass is 10.0. The second-order valence-electron chi connectivity index (χ2n) is 13.1. The van der Waals surface area contributed by atoms with E-state index in [-0.39, 0.29) is 5.91 Å². The zero-order valence-electron chi connectivity index (χ0n) is 37.9. The third-order valence-electron chi connectivity index (χ3n) is 8.52. The van der Waals surface area contributed by atoms with Crippen LogP contribution >= 0.6 is 13.1 Å². The van der Waals surface area contributed by atoms with Crippen molar-refractivity contribution < 1.29 is 24.2 Å². The van der Waals surface area contributed by atoms with Crippen LogP contribution in [-0.4, -0.2) is 34.7 Å². The Morgan fingerprint density at radius 2 is 1.13 bits per heavy atom. The Morgan fingerprint density at radius 1 is 0.633 bits per heavy atom. The molecule has 0 saturated heterocycles. The summed E-state index contributed by atoms with van der Waals surface area (Å²) in [6, 6.07) is 46.4. The van der Waals surface area contributed by atoms with Gasteiger partial charge in [-0.1, -0.05) is 84.9 Å². The zero-order chi connectivity index (χ0) is 46.7. The minimum Gasteiger partial charge on any atom is -0.494 e. The first-order chi connectivity index (χ1) is 30.6. The second-order valence-corrected chi connectivity index (χ2v) is 13.1. The lowest BCUT2D eigenvalue weighted by Gasteiger charge is -2.09. The van der Waals surface area contributed by atoms with Gasteiger partial charge in [0.15, 0.2) is 0 Å². The van der Waals surface area contributed by atoms with E-state index in [2.05, 4.69) is 28.8 Å². The summed E-state index contributed by atoms with van der Waals surface area (Å²) in [7, 11) is 0. The quantitative estimate of drug-likeness (QED) is 0.0435. The van der Waals surface area contributed by atoms with Crippen molar-refractivity contribution in [3.8, 4) is 11.5 Å². The van der Waals surface area contributed by atoms with Crippen molar-refractivity contribution in [3.63, 3.8) is 0 Å². The summed E-state index contributed by atoms with van der Waals surface area (Å²) < 4.78 is 35.1. The Hall–Kier alpha value is -7.11. The molecule has 1 amide bonds. The molecule has 9 N–H and O–H groups in total. The van der Waals surface area contributed by atoms with Crippen LogP contribution < -0.4 is 37.3 Å². The van der Waals surface area contributed by atoms with Gasteiger partial charge in [-0.05, 0) is 121 Å². The largest absolute Gasteiger partial charge is 0.494 e. The van der Waals surface area contributed by atoms with Gasteiger partial charge in [0.1, 0.15) is 11.5 Å². The summed E-state index contributed by atoms with van der Waals surface area (Å²) in [6.45, 7) is 5.92. The monoisotopic (exact) mass is 835 g/mol. The van der Waals surface area contributed by atoms with Gasteiger partial charge in [-0.25, -0.2) is 4.79 Å². The van der Waals surface area contributed by atoms with Crippen molar-refractivity contribution >= 4 is 65.6 Å². The molecule has 0 spiro atoms. The molecule has 0 fully saturated rings. The van der Waals surface area contributed by atoms with E-state index in [9.17, 15) is 9.59 Å². The minimum atomic E-state index is -3.17. The van der Waals surface area contributed by atoms with Crippen LogP contribution in [0.1, 0.15) is 41.7 Å². The number of aliphatic carboxylic acids is 1. The number of hydrogen-bond donors (Lipinski definition) is 6. The van der Waals surface area contributed by atoms with Crippen LogP contribution in [0.5, 0.6) is 11.5 Å². The lowest BCUT2D eigenvalue weighted by molar-refractivity contribution is -0.131. The zero-order valence-corrected chi connectivity index (χ0v) is 34.7. The lowest BCUT2D eigenvalue weighted by Crippen LogP contribution is -2.09. The Kier molecular flexibility index (Phi) is 17.8. The molecule has 0 saturated carbocycles. The fraction of sp³-hybridized carbons (Fsp3) is 0.143. The third-order valence-corrected chi connectivity index (χ3v) is 8.52. The number of carbonyl (C=O) groups is 2. The summed E-state index contributed by atoms with van der Waals surface area (Å²) in [6.07, 6.45) is 7.89. The predicted octanol–water partition coefficient (Wildman–Crippen LogP) is 9.33. The van der Waals surface area contributed by atoms with Crippen molar-refractivity contribution in [1.82, 2.24) is 0 Å². The second kappa shape index (κ2) is 26.0. The summed E-state index contributed by atoms with van der Waals surface area (Å²) >= 11 is -3.17. The number of aryl methyl sites for hydroxylation is 2. The molecule has 0 atom stereocenters. The predicted molar refractivity (Wildman–Crippen MR) is 256 cm³/mol. The molecule has 11 heteroatoms. The van der Waals surface area contributed by atoms with E-state index in [1.807, 2.05) is 117 Å². The molecular weight excluding hydrogens is 771 g/mol. The first-order valence-corrected chi connectivity index (χ1v) is 19.3. The number of para-hydroxylation sites is 4. The maximum atomic E-state index is 12.1. The molecule has 0 aliphatic heterocycles. The van der Waals surface area contributed by atoms with Crippen LogP contribution in [0.4, 0.5) is 28.4 Å². The fourth-order valence-corrected chi connectivity index (χ4v) is 5.61. The molecule has 0 aliphatic rings. The number of ether oxygens (including phenoxy) is 2. The number of carboxylic acids is 1. The number of amides is 1. The van der Waals surface area contributed by atoms with Crippen molar-refractivity contribution in [1.29, 1.82) is 4.50 Å². The van der Waals surface area contributed by atoms with Crippen molar-refractivity contribution in [3.05, 3.63) is 186 Å². The molecule has 0 aromatic heterocycles. The standard InChI is InChI=1S/C24H25N3O2.C19H20O3.C6H8N2.H4S/c1-2-29-21-10-6-9-20(16-21)26-17-19-8-5-7-18(15-19)13-14-24(28)27-23-12-4-3-11-22(23)25;1-2-22-18-8-4-7-17(14-18)10-9-15-5-3-6-16(13-15)11-12-19(20)21;7-5-3-1-2-4-6(5)8;/h3-16,26H,2,17,25H2,1H3,(H,27,28);3-8,11-14H,2,9-10H2,1H3,(H,20,21);1-4H,7-8H2;1H4/b14-13+;12-11+;;/i;;;1T4. The SMILES string of the molecule is CCOc1cccc(CCc2cccc(/C=C/C(=O)O)c2)c1.CCOc1cccc(NCc2cccc(/C=C/C(=O)Nc3ccccc3N)c2)c1.Nc1ccccc1N.[3H]S([3H])([3H])[3H]. The molecule has 0 bridgehead atoms. The van der Waals surface area contributed by atoms with E-state index < -0.39 is 19.1 Å². The number of carbonyl (C=O) groups excluding carboxylic acids is 1. The number of rotatable bonds is 15. The Balaban J connectivity index is 0.000000271. The molecule has 314 valence electrons. The van der Waals surface area contributed by atoms with Crippen LogP contribution in [0.25, 0.3) is 12.2 Å². The molecule has 6 rings (SSSR count). The van der Waals surface area contributed by atoms with Gasteiger partial charge >= 0.3 is 5.97 Å². The topological polar surface area (TPSA) is 175 Å². The summed E-state index contributed by atoms with van der Waals surface area (Å²) in [5.41, 5.74) is 25.5. The average molecular weight is 836 g/mol. The minimum absolute atomic E-state index is 0.223. The normalized spacial score (nSPS) is 11.6. The number of nitrogens with one attached hydrogen (secondary N) is 2. The molecule has 10 nitrogen and oxygen atoms in total. The number of nitrogens with two attached hydrogens (primary N) is 3. The third kappa shape index (κ3) is 17.6. The van der Waals surface area contributed by atoms with E-state index in [0.29, 0.717) is 42.5 Å². The summed E-state index contributed by atoms with van der Waals surface area (Å²) in [4.78, 5) is 22.7. The van der Waals surface area contributed by atoms with Crippen molar-refractivity contribution in [2.24, 2.45) is 0 Å². The molecular formula is C49H57N5O5S. The van der Waals surface area contributed by atoms with Crippen molar-refractivity contribution in [2.75, 3.05) is 41.0 Å². The van der Waals surface area contributed by atoms with Gasteiger partial charge in [-0.15, -0.1) is 0 Å². The van der Waals surface area contributed by atoms with Crippen LogP contribution in [0, 0.1) is 0 Å². The van der Waals surface area contributed by atoms with Gasteiger partial charge in [-0.3, -0.25) is 17.9 Å². The number of benzene rings is 6. The van der Waals surface area contributed by atoms with Gasteiger partial charge in [0.2, 0.25) is 5.91 Å². The van der Waals surface area contributed by atoms with Crippen LogP contribution in [0.3, 0.4) is 0 Å². The molecule has 6 aromatic carbocycles. The fourth-order valence-electron chi connectivity index (χ4n) is 5.61. The first-order valence-electron chi connectivity index (χ1n) is 21.0. The Morgan fingerprint density at radius 3 is 1.72 bits per heavy atom. The van der Waals surface area contributed by atoms with Crippen molar-refractivity contribution in [2.45, 2.75) is 33.2 Å². The Bertz CT molecular complexity index is 2400. The highest BCUT2D eigenvalue weighted by Crippen LogP contribution is 2.20. The smallest absolute Gasteiger partial charge is 0.328 e. The van der Waals surface area contributed by atoms with E-state index in [1.165, 1.54) is 17.2 Å². The molecule has 0 heterocycles. The molecule has 60 heavy (non-hydrogen) atoms. The number of carboxylic acid groups (broad SMARTS) is 1. The van der Waals surface area contributed by atoms with Gasteiger partial charge in [0.25, 0.3) is 0 Å². The summed E-state index contributed by atoms with van der Waals surface area (Å²) in [5.74, 6) is 0.592. The van der Waals surface area contributed by atoms with Gasteiger partial charge in [-0.2, -0.15) is 0 Å². The molecule has 0 unspecified atom stereocenters. The molecule has 6 aromatic rings. The first kappa shape index (κ1) is 41.1.